The van der Waals surface area contributed by atoms with Crippen LogP contribution in [0.4, 0.5) is 0 Å². The fourth-order valence-corrected chi connectivity index (χ4v) is 2.52. The van der Waals surface area contributed by atoms with Crippen molar-refractivity contribution in [1.82, 2.24) is 0 Å². The van der Waals surface area contributed by atoms with Crippen molar-refractivity contribution < 1.29 is 28.6 Å². The number of methoxy groups -OCH3 is 1. The Bertz CT molecular complexity index is 635. The van der Waals surface area contributed by atoms with Crippen molar-refractivity contribution in [2.45, 2.75) is 52.6 Å². The van der Waals surface area contributed by atoms with Gasteiger partial charge in [-0.1, -0.05) is 12.1 Å². The Hall–Kier alpha value is -2.21. The van der Waals surface area contributed by atoms with Crippen LogP contribution in [-0.2, 0) is 30.3 Å². The van der Waals surface area contributed by atoms with E-state index in [9.17, 15) is 14.4 Å². The van der Waals surface area contributed by atoms with Crippen LogP contribution < -0.4 is 4.74 Å². The van der Waals surface area contributed by atoms with E-state index in [4.69, 9.17) is 9.47 Å². The quantitative estimate of drug-likeness (QED) is 0.316. The van der Waals surface area contributed by atoms with Gasteiger partial charge < -0.3 is 14.2 Å². The molecule has 0 bridgehead atoms. The Morgan fingerprint density at radius 1 is 1.11 bits per heavy atom. The van der Waals surface area contributed by atoms with Crippen LogP contribution in [0.1, 0.15) is 46.1 Å². The predicted molar refractivity (Wildman–Crippen MR) is 102 cm³/mol. The molecule has 0 radical (unpaired) electrons. The maximum Gasteiger partial charge on any atom is 0.318 e. The average Bonchev–Trinajstić information content (AvgIpc) is 2.66. The molecule has 0 aliphatic carbocycles. The lowest BCUT2D eigenvalue weighted by Crippen LogP contribution is -2.39. The monoisotopic (exact) mass is 378 g/mol. The smallest absolute Gasteiger partial charge is 0.318 e. The molecule has 27 heavy (non-hydrogen) atoms. The van der Waals surface area contributed by atoms with Gasteiger partial charge in [0.15, 0.2) is 11.9 Å². The predicted octanol–water partition coefficient (Wildman–Crippen LogP) is 3.15. The van der Waals surface area contributed by atoms with E-state index < -0.39 is 17.0 Å². The molecule has 0 aliphatic rings. The second kappa shape index (κ2) is 10.2. The molecule has 1 unspecified atom stereocenters. The molecule has 0 spiro atoms. The largest absolute Gasteiger partial charge is 0.478 e. The number of aryl methyl sites for hydroxylation is 1. The second-order valence-corrected chi connectivity index (χ2v) is 7.21. The number of ketones is 1. The van der Waals surface area contributed by atoms with Gasteiger partial charge in [-0.2, -0.15) is 0 Å². The fourth-order valence-electron chi connectivity index (χ4n) is 2.52. The molecule has 1 rings (SSSR count). The Labute approximate surface area is 161 Å². The van der Waals surface area contributed by atoms with E-state index in [1.54, 1.807) is 32.9 Å². The Kier molecular flexibility index (Phi) is 8.63. The zero-order valence-electron chi connectivity index (χ0n) is 16.9. The third-order valence-electron chi connectivity index (χ3n) is 4.38. The van der Waals surface area contributed by atoms with Gasteiger partial charge in [-0.05, 0) is 58.2 Å². The minimum absolute atomic E-state index is 0.132. The van der Waals surface area contributed by atoms with Crippen molar-refractivity contribution in [3.05, 3.63) is 29.8 Å². The molecule has 0 saturated carbocycles. The number of hydrogen-bond donors (Lipinski definition) is 0. The minimum atomic E-state index is -1.12. The summed E-state index contributed by atoms with van der Waals surface area (Å²) in [7, 11) is 1.28. The Balaban J connectivity index is 2.57. The summed E-state index contributed by atoms with van der Waals surface area (Å²) in [5.74, 6) is -0.0674. The van der Waals surface area contributed by atoms with E-state index in [1.165, 1.54) is 7.11 Å². The summed E-state index contributed by atoms with van der Waals surface area (Å²) in [5.41, 5.74) is -1.10. The van der Waals surface area contributed by atoms with Gasteiger partial charge in [-0.15, -0.1) is 0 Å². The van der Waals surface area contributed by atoms with Crippen LogP contribution in [0, 0.1) is 5.41 Å². The molecule has 1 aromatic rings. The second-order valence-electron chi connectivity index (χ2n) is 7.21. The first kappa shape index (κ1) is 22.8. The highest BCUT2D eigenvalue weighted by molar-refractivity contribution is 6.02. The minimum Gasteiger partial charge on any atom is -0.478 e. The van der Waals surface area contributed by atoms with Crippen LogP contribution in [0.2, 0.25) is 0 Å². The summed E-state index contributed by atoms with van der Waals surface area (Å²) < 4.78 is 15.7. The number of carbonyl (C=O) groups excluding carboxylic acids is 3. The first-order valence-corrected chi connectivity index (χ1v) is 9.12. The number of benzene rings is 1. The topological polar surface area (TPSA) is 78.9 Å². The van der Waals surface area contributed by atoms with Crippen LogP contribution in [-0.4, -0.2) is 44.0 Å². The molecule has 6 heteroatoms. The van der Waals surface area contributed by atoms with E-state index in [0.29, 0.717) is 31.6 Å². The highest BCUT2D eigenvalue weighted by Gasteiger charge is 2.36. The van der Waals surface area contributed by atoms with Crippen molar-refractivity contribution >= 4 is 18.0 Å². The molecular weight excluding hydrogens is 348 g/mol. The van der Waals surface area contributed by atoms with Gasteiger partial charge in [-0.25, -0.2) is 0 Å². The highest BCUT2D eigenvalue weighted by Crippen LogP contribution is 2.23. The molecule has 1 atom stereocenters. The van der Waals surface area contributed by atoms with Gasteiger partial charge >= 0.3 is 5.97 Å². The molecule has 150 valence electrons. The van der Waals surface area contributed by atoms with Crippen molar-refractivity contribution in [2.24, 2.45) is 5.41 Å². The van der Waals surface area contributed by atoms with Gasteiger partial charge in [0.05, 0.1) is 13.7 Å². The average molecular weight is 378 g/mol. The van der Waals surface area contributed by atoms with E-state index >= 15 is 0 Å². The number of Topliss-reactive ketones (excluding diaryl/α,β-unsaturated/α-hetero) is 1. The van der Waals surface area contributed by atoms with Gasteiger partial charge in [0.25, 0.3) is 0 Å². The SMILES string of the molecule is CCOCC(C)(C=O)Oc1ccc(CCCC(=O)C(C)(C)C(=O)OC)cc1. The number of ether oxygens (including phenoxy) is 3. The lowest BCUT2D eigenvalue weighted by Gasteiger charge is -2.24. The molecule has 0 aliphatic heterocycles. The number of aldehydes is 1. The highest BCUT2D eigenvalue weighted by atomic mass is 16.5. The van der Waals surface area contributed by atoms with Crippen molar-refractivity contribution in [2.75, 3.05) is 20.3 Å². The number of carbonyl (C=O) groups is 3. The Morgan fingerprint density at radius 3 is 2.26 bits per heavy atom. The number of rotatable bonds is 12. The molecule has 0 saturated heterocycles. The van der Waals surface area contributed by atoms with E-state index in [-0.39, 0.29) is 12.4 Å². The summed E-state index contributed by atoms with van der Waals surface area (Å²) in [6, 6.07) is 7.39. The molecular formula is C21H30O6. The maximum atomic E-state index is 12.2. The molecule has 0 fully saturated rings. The maximum absolute atomic E-state index is 12.2. The van der Waals surface area contributed by atoms with Gasteiger partial charge in [0, 0.05) is 13.0 Å². The molecule has 6 nitrogen and oxygen atoms in total. The summed E-state index contributed by atoms with van der Waals surface area (Å²) in [6.45, 7) is 7.40. The van der Waals surface area contributed by atoms with Crippen LogP contribution in [0.25, 0.3) is 0 Å². The van der Waals surface area contributed by atoms with Gasteiger partial charge in [-0.3, -0.25) is 14.4 Å². The number of hydrogen-bond acceptors (Lipinski definition) is 6. The van der Waals surface area contributed by atoms with Crippen molar-refractivity contribution in [3.63, 3.8) is 0 Å². The molecule has 0 amide bonds. The normalized spacial score (nSPS) is 13.5. The van der Waals surface area contributed by atoms with Gasteiger partial charge in [0.1, 0.15) is 16.9 Å². The summed E-state index contributed by atoms with van der Waals surface area (Å²) in [4.78, 5) is 35.2. The fraction of sp³-hybridized carbons (Fsp3) is 0.571. The van der Waals surface area contributed by atoms with Crippen molar-refractivity contribution in [3.8, 4) is 5.75 Å². The lowest BCUT2D eigenvalue weighted by molar-refractivity contribution is -0.155. The van der Waals surface area contributed by atoms with Gasteiger partial charge in [0.2, 0.25) is 0 Å². The van der Waals surface area contributed by atoms with E-state index in [1.807, 2.05) is 19.1 Å². The van der Waals surface area contributed by atoms with Crippen molar-refractivity contribution in [1.29, 1.82) is 0 Å². The molecule has 0 N–H and O–H groups in total. The first-order chi connectivity index (χ1) is 12.7. The summed E-state index contributed by atoms with van der Waals surface area (Å²) in [6.07, 6.45) is 2.38. The zero-order chi connectivity index (χ0) is 20.5. The Morgan fingerprint density at radius 2 is 1.74 bits per heavy atom. The first-order valence-electron chi connectivity index (χ1n) is 9.12. The van der Waals surface area contributed by atoms with E-state index in [2.05, 4.69) is 4.74 Å². The third kappa shape index (κ3) is 6.79. The standard InChI is InChI=1S/C21H30O6/c1-6-26-15-21(4,14-22)27-17-12-10-16(11-13-17)8-7-9-18(23)20(2,3)19(24)25-5/h10-14H,6-9,15H2,1-5H3. The lowest BCUT2D eigenvalue weighted by atomic mass is 9.85. The molecule has 1 aromatic carbocycles. The zero-order valence-corrected chi connectivity index (χ0v) is 16.9. The van der Waals surface area contributed by atoms with Crippen LogP contribution >= 0.6 is 0 Å². The number of esters is 1. The van der Waals surface area contributed by atoms with E-state index in [0.717, 1.165) is 11.8 Å². The molecule has 0 aromatic heterocycles. The van der Waals surface area contributed by atoms with Crippen LogP contribution in [0.3, 0.4) is 0 Å². The third-order valence-corrected chi connectivity index (χ3v) is 4.38. The van der Waals surface area contributed by atoms with Crippen LogP contribution in [0.5, 0.6) is 5.75 Å². The van der Waals surface area contributed by atoms with Crippen LogP contribution in [0.15, 0.2) is 24.3 Å². The summed E-state index contributed by atoms with van der Waals surface area (Å²) >= 11 is 0. The molecule has 0 heterocycles. The summed E-state index contributed by atoms with van der Waals surface area (Å²) in [5, 5.41) is 0.